The lowest BCUT2D eigenvalue weighted by molar-refractivity contribution is -0.113. The van der Waals surface area contributed by atoms with Crippen LogP contribution in [0.1, 0.15) is 42.8 Å². The molecule has 0 atom stereocenters. The van der Waals surface area contributed by atoms with Crippen molar-refractivity contribution in [3.05, 3.63) is 58.5 Å². The Kier molecular flexibility index (Phi) is 3.88. The maximum Gasteiger partial charge on any atom is 0.185 e. The van der Waals surface area contributed by atoms with Crippen molar-refractivity contribution in [3.63, 3.8) is 0 Å². The van der Waals surface area contributed by atoms with Crippen LogP contribution in [-0.4, -0.2) is 5.78 Å². The molecule has 2 heterocycles. The Morgan fingerprint density at radius 1 is 0.909 bits per heavy atom. The van der Waals surface area contributed by atoms with Crippen molar-refractivity contribution in [2.24, 2.45) is 5.92 Å². The van der Waals surface area contributed by atoms with E-state index in [1.165, 1.54) is 0 Å². The number of rotatable bonds is 2. The maximum absolute atomic E-state index is 12.7. The molecule has 3 nitrogen and oxygen atoms in total. The Labute approximate surface area is 130 Å². The van der Waals surface area contributed by atoms with Gasteiger partial charge >= 0.3 is 0 Å². The smallest absolute Gasteiger partial charge is 0.185 e. The van der Waals surface area contributed by atoms with Crippen LogP contribution in [0.2, 0.25) is 0 Å². The van der Waals surface area contributed by atoms with E-state index >= 15 is 0 Å². The van der Waals surface area contributed by atoms with Gasteiger partial charge in [0.1, 0.15) is 23.0 Å². The van der Waals surface area contributed by atoms with E-state index in [1.54, 1.807) is 0 Å². The Balaban J connectivity index is 1.91. The molecule has 2 aromatic heterocycles. The molecule has 0 bridgehead atoms. The molecular formula is C19H20O3. The summed E-state index contributed by atoms with van der Waals surface area (Å²) in [5, 5.41) is 0. The zero-order valence-corrected chi connectivity index (χ0v) is 13.2. The van der Waals surface area contributed by atoms with Crippen molar-refractivity contribution in [1.82, 2.24) is 0 Å². The van der Waals surface area contributed by atoms with Gasteiger partial charge in [-0.05, 0) is 69.0 Å². The fourth-order valence-corrected chi connectivity index (χ4v) is 2.87. The molecule has 0 unspecified atom stereocenters. The van der Waals surface area contributed by atoms with E-state index in [-0.39, 0.29) is 5.78 Å². The average Bonchev–Trinajstić information content (AvgIpc) is 3.04. The maximum atomic E-state index is 12.7. The number of allylic oxidation sites excluding steroid dienone is 2. The molecule has 0 radical (unpaired) electrons. The van der Waals surface area contributed by atoms with Gasteiger partial charge in [-0.2, -0.15) is 0 Å². The zero-order chi connectivity index (χ0) is 15.7. The fraction of sp³-hybridized carbons (Fsp3) is 0.316. The van der Waals surface area contributed by atoms with Gasteiger partial charge in [-0.15, -0.1) is 0 Å². The lowest BCUT2D eigenvalue weighted by atomic mass is 9.81. The molecule has 3 rings (SSSR count). The highest BCUT2D eigenvalue weighted by atomic mass is 16.3. The SMILES string of the molecule is Cc1ccc(/C=C2/CC(C)C/C(=C/c3ccc(C)o3)C2=O)o1. The highest BCUT2D eigenvalue weighted by molar-refractivity contribution is 6.13. The fourth-order valence-electron chi connectivity index (χ4n) is 2.87. The number of carbonyl (C=O) groups excluding carboxylic acids is 1. The summed E-state index contributed by atoms with van der Waals surface area (Å²) in [7, 11) is 0. The third kappa shape index (κ3) is 3.14. The second-order valence-corrected chi connectivity index (χ2v) is 6.08. The van der Waals surface area contributed by atoms with Gasteiger partial charge in [-0.3, -0.25) is 4.79 Å². The summed E-state index contributed by atoms with van der Waals surface area (Å²) in [5.41, 5.74) is 1.62. The molecule has 114 valence electrons. The van der Waals surface area contributed by atoms with Gasteiger partial charge in [-0.1, -0.05) is 6.92 Å². The van der Waals surface area contributed by atoms with E-state index in [9.17, 15) is 4.79 Å². The van der Waals surface area contributed by atoms with Crippen LogP contribution in [0.5, 0.6) is 0 Å². The second-order valence-electron chi connectivity index (χ2n) is 6.08. The molecule has 0 amide bonds. The number of hydrogen-bond acceptors (Lipinski definition) is 3. The normalized spacial score (nSPS) is 22.7. The zero-order valence-electron chi connectivity index (χ0n) is 13.2. The van der Waals surface area contributed by atoms with Gasteiger partial charge < -0.3 is 8.83 Å². The van der Waals surface area contributed by atoms with Crippen LogP contribution >= 0.6 is 0 Å². The number of Topliss-reactive ketones (excluding diaryl/α,β-unsaturated/α-hetero) is 1. The Hall–Kier alpha value is -2.29. The van der Waals surface area contributed by atoms with E-state index in [4.69, 9.17) is 8.83 Å². The van der Waals surface area contributed by atoms with Crippen molar-refractivity contribution in [2.75, 3.05) is 0 Å². The van der Waals surface area contributed by atoms with Crippen LogP contribution < -0.4 is 0 Å². The molecular weight excluding hydrogens is 276 g/mol. The van der Waals surface area contributed by atoms with Gasteiger partial charge in [0.15, 0.2) is 5.78 Å². The van der Waals surface area contributed by atoms with E-state index in [0.29, 0.717) is 5.92 Å². The average molecular weight is 296 g/mol. The summed E-state index contributed by atoms with van der Waals surface area (Å²) in [6, 6.07) is 7.61. The lowest BCUT2D eigenvalue weighted by Crippen LogP contribution is -2.18. The molecule has 0 N–H and O–H groups in total. The third-order valence-electron chi connectivity index (χ3n) is 3.88. The topological polar surface area (TPSA) is 43.4 Å². The monoisotopic (exact) mass is 296 g/mol. The lowest BCUT2D eigenvalue weighted by Gasteiger charge is -2.22. The third-order valence-corrected chi connectivity index (χ3v) is 3.88. The minimum absolute atomic E-state index is 0.0983. The minimum Gasteiger partial charge on any atom is -0.462 e. The summed E-state index contributed by atoms with van der Waals surface area (Å²) in [5.74, 6) is 3.71. The van der Waals surface area contributed by atoms with Gasteiger partial charge in [0.2, 0.25) is 0 Å². The molecule has 0 aromatic carbocycles. The number of furan rings is 2. The summed E-state index contributed by atoms with van der Waals surface area (Å²) in [6.45, 7) is 5.96. The van der Waals surface area contributed by atoms with Crippen LogP contribution in [0.25, 0.3) is 12.2 Å². The van der Waals surface area contributed by atoms with Crippen molar-refractivity contribution >= 4 is 17.9 Å². The van der Waals surface area contributed by atoms with Crippen molar-refractivity contribution in [3.8, 4) is 0 Å². The Morgan fingerprint density at radius 3 is 1.73 bits per heavy atom. The number of ketones is 1. The van der Waals surface area contributed by atoms with Gasteiger partial charge in [-0.25, -0.2) is 0 Å². The summed E-state index contributed by atoms with van der Waals surface area (Å²) in [6.07, 6.45) is 5.30. The van der Waals surface area contributed by atoms with E-state index < -0.39 is 0 Å². The van der Waals surface area contributed by atoms with Crippen LogP contribution in [0.4, 0.5) is 0 Å². The minimum atomic E-state index is 0.0983. The molecule has 22 heavy (non-hydrogen) atoms. The summed E-state index contributed by atoms with van der Waals surface area (Å²) < 4.78 is 11.1. The van der Waals surface area contributed by atoms with Crippen molar-refractivity contribution < 1.29 is 13.6 Å². The van der Waals surface area contributed by atoms with Crippen molar-refractivity contribution in [2.45, 2.75) is 33.6 Å². The predicted molar refractivity (Wildman–Crippen MR) is 86.2 cm³/mol. The summed E-state index contributed by atoms with van der Waals surface area (Å²) >= 11 is 0. The Bertz CT molecular complexity index is 693. The quantitative estimate of drug-likeness (QED) is 0.736. The van der Waals surface area contributed by atoms with Crippen molar-refractivity contribution in [1.29, 1.82) is 0 Å². The van der Waals surface area contributed by atoms with E-state index in [1.807, 2.05) is 50.3 Å². The van der Waals surface area contributed by atoms with E-state index in [2.05, 4.69) is 6.92 Å². The second kappa shape index (κ2) is 5.84. The standard InChI is InChI=1S/C19H20O3/c1-12-8-15(10-17-6-4-13(2)21-17)19(20)16(9-12)11-18-7-5-14(3)22-18/h4-7,10-12H,8-9H2,1-3H3/b15-10-,16-11-. The molecule has 1 fully saturated rings. The summed E-state index contributed by atoms with van der Waals surface area (Å²) in [4.78, 5) is 12.7. The van der Waals surface area contributed by atoms with Crippen LogP contribution in [0, 0.1) is 19.8 Å². The molecule has 1 saturated carbocycles. The first-order valence-corrected chi connectivity index (χ1v) is 7.60. The van der Waals surface area contributed by atoms with Gasteiger partial charge in [0.25, 0.3) is 0 Å². The Morgan fingerprint density at radius 2 is 1.36 bits per heavy atom. The first kappa shape index (κ1) is 14.6. The molecule has 0 spiro atoms. The first-order valence-electron chi connectivity index (χ1n) is 7.60. The highest BCUT2D eigenvalue weighted by Gasteiger charge is 2.25. The number of aryl methyl sites for hydroxylation is 2. The van der Waals surface area contributed by atoms with Gasteiger partial charge in [0, 0.05) is 11.1 Å². The molecule has 1 aliphatic rings. The predicted octanol–water partition coefficient (Wildman–Crippen LogP) is 4.96. The van der Waals surface area contributed by atoms with E-state index in [0.717, 1.165) is 47.0 Å². The molecule has 2 aromatic rings. The first-order chi connectivity index (χ1) is 10.5. The molecule has 3 heteroatoms. The largest absolute Gasteiger partial charge is 0.462 e. The van der Waals surface area contributed by atoms with Crippen LogP contribution in [0.3, 0.4) is 0 Å². The van der Waals surface area contributed by atoms with Crippen LogP contribution in [-0.2, 0) is 4.79 Å². The molecule has 0 saturated heterocycles. The number of carbonyl (C=O) groups is 1. The molecule has 1 aliphatic carbocycles. The number of hydrogen-bond donors (Lipinski definition) is 0. The molecule has 0 aliphatic heterocycles. The highest BCUT2D eigenvalue weighted by Crippen LogP contribution is 2.32. The van der Waals surface area contributed by atoms with Gasteiger partial charge in [0.05, 0.1) is 0 Å². The van der Waals surface area contributed by atoms with Crippen LogP contribution in [0.15, 0.2) is 44.2 Å².